The molecule has 1 heterocycles. The van der Waals surface area contributed by atoms with Gasteiger partial charge >= 0.3 is 0 Å². The van der Waals surface area contributed by atoms with Crippen LogP contribution in [0.2, 0.25) is 0 Å². The highest BCUT2D eigenvalue weighted by Gasteiger charge is 2.14. The number of methoxy groups -OCH3 is 2. The highest BCUT2D eigenvalue weighted by atomic mass is 16.5. The van der Waals surface area contributed by atoms with Crippen LogP contribution in [0.1, 0.15) is 5.56 Å². The van der Waals surface area contributed by atoms with Gasteiger partial charge < -0.3 is 14.4 Å². The number of nitrogens with zero attached hydrogens (tertiary/aromatic N) is 2. The van der Waals surface area contributed by atoms with E-state index >= 15 is 0 Å². The first kappa shape index (κ1) is 18.5. The second-order valence-electron chi connectivity index (χ2n) is 6.25. The quantitative estimate of drug-likeness (QED) is 0.643. The Balaban J connectivity index is 2.28. The lowest BCUT2D eigenvalue weighted by Crippen LogP contribution is -2.18. The van der Waals surface area contributed by atoms with Gasteiger partial charge in [0.25, 0.3) is 0 Å². The van der Waals surface area contributed by atoms with Crippen LogP contribution in [0.3, 0.4) is 0 Å². The molecule has 0 atom stereocenters. The third-order valence-electron chi connectivity index (χ3n) is 4.31. The smallest absolute Gasteiger partial charge is 0.246 e. The first-order valence-electron chi connectivity index (χ1n) is 8.54. The normalized spacial score (nSPS) is 11.0. The number of amides is 1. The molecule has 0 aliphatic carbocycles. The van der Waals surface area contributed by atoms with Crippen molar-refractivity contribution < 1.29 is 14.3 Å². The van der Waals surface area contributed by atoms with Crippen LogP contribution in [0.5, 0.6) is 11.5 Å². The zero-order valence-corrected chi connectivity index (χ0v) is 15.9. The molecule has 3 aromatic rings. The average Bonchev–Trinajstić information content (AvgIpc) is 2.70. The van der Waals surface area contributed by atoms with Crippen molar-refractivity contribution in [1.29, 1.82) is 0 Å². The van der Waals surface area contributed by atoms with Crippen LogP contribution in [0.4, 0.5) is 0 Å². The first-order valence-corrected chi connectivity index (χ1v) is 8.54. The van der Waals surface area contributed by atoms with Gasteiger partial charge in [-0.3, -0.25) is 9.78 Å². The number of pyridine rings is 1. The summed E-state index contributed by atoms with van der Waals surface area (Å²) in [6, 6.07) is 13.7. The van der Waals surface area contributed by atoms with E-state index in [2.05, 4.69) is 4.98 Å². The molecule has 0 saturated heterocycles. The molecule has 5 heteroatoms. The van der Waals surface area contributed by atoms with Gasteiger partial charge in [0.2, 0.25) is 5.91 Å². The van der Waals surface area contributed by atoms with Gasteiger partial charge in [-0.1, -0.05) is 30.3 Å². The average molecular weight is 362 g/mol. The van der Waals surface area contributed by atoms with Crippen molar-refractivity contribution in [1.82, 2.24) is 9.88 Å². The Morgan fingerprint density at radius 1 is 1.04 bits per heavy atom. The predicted octanol–water partition coefficient (Wildman–Crippen LogP) is 4.02. The maximum Gasteiger partial charge on any atom is 0.246 e. The molecule has 5 nitrogen and oxygen atoms in total. The van der Waals surface area contributed by atoms with Crippen molar-refractivity contribution >= 4 is 22.8 Å². The molecule has 0 aliphatic heterocycles. The van der Waals surface area contributed by atoms with E-state index in [4.69, 9.17) is 9.47 Å². The van der Waals surface area contributed by atoms with Crippen LogP contribution in [0.25, 0.3) is 28.1 Å². The molecular formula is C22H22N2O3. The highest BCUT2D eigenvalue weighted by Crippen LogP contribution is 2.36. The lowest BCUT2D eigenvalue weighted by Gasteiger charge is -2.14. The van der Waals surface area contributed by atoms with E-state index in [1.54, 1.807) is 34.4 Å². The van der Waals surface area contributed by atoms with Crippen molar-refractivity contribution in [3.8, 4) is 22.8 Å². The molecule has 0 unspecified atom stereocenters. The van der Waals surface area contributed by atoms with E-state index in [0.717, 1.165) is 27.6 Å². The fourth-order valence-corrected chi connectivity index (χ4v) is 2.86. The Kier molecular flexibility index (Phi) is 5.41. The van der Waals surface area contributed by atoms with Crippen molar-refractivity contribution in [3.05, 3.63) is 60.3 Å². The Hall–Kier alpha value is -3.34. The number of benzene rings is 2. The number of hydrogen-bond acceptors (Lipinski definition) is 4. The molecule has 1 aromatic heterocycles. The number of likely N-dealkylation sites (N-methyl/N-ethyl adjacent to an activating group) is 1. The second-order valence-corrected chi connectivity index (χ2v) is 6.25. The number of carbonyl (C=O) groups excluding carboxylic acids is 1. The van der Waals surface area contributed by atoms with Crippen molar-refractivity contribution in [2.24, 2.45) is 0 Å². The number of hydrogen-bond donors (Lipinski definition) is 0. The van der Waals surface area contributed by atoms with E-state index in [1.807, 2.05) is 54.7 Å². The van der Waals surface area contributed by atoms with Gasteiger partial charge in [0.1, 0.15) is 0 Å². The van der Waals surface area contributed by atoms with E-state index in [0.29, 0.717) is 11.5 Å². The van der Waals surface area contributed by atoms with Gasteiger partial charge in [0, 0.05) is 42.9 Å². The standard InChI is InChI=1S/C22H22N2O3/c1-24(2)21(25)11-10-17-18-13-20(27-4)19(26-3)12-16(18)14-23-22(17)15-8-6-5-7-9-15/h5-14H,1-4H3/b11-10+. The Bertz CT molecular complexity index is 995. The zero-order chi connectivity index (χ0) is 19.4. The van der Waals surface area contributed by atoms with Crippen LogP contribution < -0.4 is 9.47 Å². The largest absolute Gasteiger partial charge is 0.493 e. The molecule has 2 aromatic carbocycles. The van der Waals surface area contributed by atoms with E-state index in [1.165, 1.54) is 4.90 Å². The Morgan fingerprint density at radius 2 is 1.70 bits per heavy atom. The molecular weight excluding hydrogens is 340 g/mol. The summed E-state index contributed by atoms with van der Waals surface area (Å²) in [5, 5.41) is 1.84. The predicted molar refractivity (Wildman–Crippen MR) is 108 cm³/mol. The molecule has 0 fully saturated rings. The first-order chi connectivity index (χ1) is 13.0. The molecule has 0 spiro atoms. The fraction of sp³-hybridized carbons (Fsp3) is 0.182. The van der Waals surface area contributed by atoms with Gasteiger partial charge in [-0.2, -0.15) is 0 Å². The summed E-state index contributed by atoms with van der Waals surface area (Å²) in [6.45, 7) is 0. The molecule has 0 N–H and O–H groups in total. The molecule has 27 heavy (non-hydrogen) atoms. The molecule has 1 amide bonds. The summed E-state index contributed by atoms with van der Waals surface area (Å²) in [5.74, 6) is 1.17. The third kappa shape index (κ3) is 3.77. The monoisotopic (exact) mass is 362 g/mol. The minimum absolute atomic E-state index is 0.0912. The molecule has 0 saturated carbocycles. The van der Waals surface area contributed by atoms with Crippen molar-refractivity contribution in [2.45, 2.75) is 0 Å². The number of carbonyl (C=O) groups is 1. The third-order valence-corrected chi connectivity index (χ3v) is 4.31. The van der Waals surface area contributed by atoms with E-state index in [-0.39, 0.29) is 5.91 Å². The van der Waals surface area contributed by atoms with Crippen LogP contribution in [0.15, 0.2) is 54.7 Å². The fourth-order valence-electron chi connectivity index (χ4n) is 2.86. The summed E-state index contributed by atoms with van der Waals surface area (Å²) in [5.41, 5.74) is 2.64. The van der Waals surface area contributed by atoms with Crippen molar-refractivity contribution in [3.63, 3.8) is 0 Å². The summed E-state index contributed by atoms with van der Waals surface area (Å²) in [7, 11) is 6.65. The number of rotatable bonds is 5. The molecule has 0 aliphatic rings. The van der Waals surface area contributed by atoms with Gasteiger partial charge in [-0.05, 0) is 23.6 Å². The summed E-state index contributed by atoms with van der Waals surface area (Å²) in [6.07, 6.45) is 5.18. The minimum atomic E-state index is -0.0912. The maximum absolute atomic E-state index is 12.1. The van der Waals surface area contributed by atoms with E-state index < -0.39 is 0 Å². The number of ether oxygens (including phenoxy) is 2. The molecule has 138 valence electrons. The SMILES string of the molecule is COc1cc2cnc(-c3ccccc3)c(/C=C/C(=O)N(C)C)c2cc1OC. The van der Waals surface area contributed by atoms with Crippen molar-refractivity contribution in [2.75, 3.05) is 28.3 Å². The lowest BCUT2D eigenvalue weighted by molar-refractivity contribution is -0.123. The topological polar surface area (TPSA) is 51.7 Å². The van der Waals surface area contributed by atoms with Crippen LogP contribution in [-0.2, 0) is 4.79 Å². The number of fused-ring (bicyclic) bond motifs is 1. The summed E-state index contributed by atoms with van der Waals surface area (Å²) < 4.78 is 10.9. The van der Waals surface area contributed by atoms with Gasteiger partial charge in [-0.15, -0.1) is 0 Å². The molecule has 3 rings (SSSR count). The van der Waals surface area contributed by atoms with Gasteiger partial charge in [0.15, 0.2) is 11.5 Å². The van der Waals surface area contributed by atoms with Crippen LogP contribution >= 0.6 is 0 Å². The zero-order valence-electron chi connectivity index (χ0n) is 15.9. The maximum atomic E-state index is 12.1. The van der Waals surface area contributed by atoms with E-state index in [9.17, 15) is 4.79 Å². The van der Waals surface area contributed by atoms with Crippen LogP contribution in [-0.4, -0.2) is 44.1 Å². The minimum Gasteiger partial charge on any atom is -0.493 e. The lowest BCUT2D eigenvalue weighted by atomic mass is 9.99. The number of aromatic nitrogens is 1. The van der Waals surface area contributed by atoms with Gasteiger partial charge in [-0.25, -0.2) is 0 Å². The summed E-state index contributed by atoms with van der Waals surface area (Å²) in [4.78, 5) is 18.3. The Morgan fingerprint density at radius 3 is 2.33 bits per heavy atom. The molecule has 0 bridgehead atoms. The van der Waals surface area contributed by atoms with Gasteiger partial charge in [0.05, 0.1) is 19.9 Å². The summed E-state index contributed by atoms with van der Waals surface area (Å²) >= 11 is 0. The Labute approximate surface area is 158 Å². The van der Waals surface area contributed by atoms with Crippen LogP contribution in [0, 0.1) is 0 Å². The highest BCUT2D eigenvalue weighted by molar-refractivity contribution is 6.00. The molecule has 0 radical (unpaired) electrons. The second kappa shape index (κ2) is 7.91.